The lowest BCUT2D eigenvalue weighted by Crippen LogP contribution is -2.53. The van der Waals surface area contributed by atoms with Gasteiger partial charge in [-0.3, -0.25) is 13.9 Å². The summed E-state index contributed by atoms with van der Waals surface area (Å²) in [7, 11) is -3.92. The van der Waals surface area contributed by atoms with E-state index in [2.05, 4.69) is 5.32 Å². The van der Waals surface area contributed by atoms with Crippen molar-refractivity contribution in [2.75, 3.05) is 23.7 Å². The third-order valence-corrected chi connectivity index (χ3v) is 7.87. The molecule has 0 fully saturated rings. The van der Waals surface area contributed by atoms with Gasteiger partial charge in [-0.25, -0.2) is 12.8 Å². The first-order valence-corrected chi connectivity index (χ1v) is 15.3. The molecule has 1 atom stereocenters. The highest BCUT2D eigenvalue weighted by Gasteiger charge is 2.33. The second-order valence-corrected chi connectivity index (χ2v) is 12.0. The Kier molecular flexibility index (Phi) is 11.1. The monoisotopic (exact) mass is 587 g/mol. The third-order valence-electron chi connectivity index (χ3n) is 6.51. The van der Waals surface area contributed by atoms with Crippen LogP contribution in [0.3, 0.4) is 0 Å². The Morgan fingerprint density at radius 2 is 1.70 bits per heavy atom. The van der Waals surface area contributed by atoms with Crippen molar-refractivity contribution in [1.82, 2.24) is 10.2 Å². The number of rotatable bonds is 13. The first-order valence-electron chi connectivity index (χ1n) is 13.1. The average molecular weight is 588 g/mol. The van der Waals surface area contributed by atoms with Crippen molar-refractivity contribution in [3.63, 3.8) is 0 Å². The maximum absolute atomic E-state index is 14.8. The SMILES string of the molecule is CCCCNC(=O)C(Cc1ccccc1)N(Cc1ccccc1F)C(=O)CN(c1ccc(Cl)cc1C)S(C)(=O)=O. The van der Waals surface area contributed by atoms with Crippen LogP contribution < -0.4 is 9.62 Å². The normalized spacial score (nSPS) is 12.0. The third kappa shape index (κ3) is 8.53. The van der Waals surface area contributed by atoms with Crippen molar-refractivity contribution in [2.24, 2.45) is 0 Å². The first-order chi connectivity index (χ1) is 19.0. The number of hydrogen-bond donors (Lipinski definition) is 1. The Bertz CT molecular complexity index is 1420. The lowest BCUT2D eigenvalue weighted by atomic mass is 10.0. The van der Waals surface area contributed by atoms with Crippen molar-refractivity contribution in [3.05, 3.63) is 100 Å². The number of anilines is 1. The van der Waals surface area contributed by atoms with Gasteiger partial charge in [0, 0.05) is 30.1 Å². The predicted molar refractivity (Wildman–Crippen MR) is 157 cm³/mol. The molecule has 0 spiro atoms. The molecule has 3 aromatic rings. The number of hydrogen-bond acceptors (Lipinski definition) is 4. The molecule has 2 amide bonds. The fourth-order valence-corrected chi connectivity index (χ4v) is 5.50. The average Bonchev–Trinajstić information content (AvgIpc) is 2.90. The summed E-state index contributed by atoms with van der Waals surface area (Å²) < 4.78 is 41.6. The molecule has 40 heavy (non-hydrogen) atoms. The largest absolute Gasteiger partial charge is 0.354 e. The molecular formula is C30H35ClFN3O4S. The van der Waals surface area contributed by atoms with Crippen molar-refractivity contribution in [1.29, 1.82) is 0 Å². The van der Waals surface area contributed by atoms with Crippen molar-refractivity contribution < 1.29 is 22.4 Å². The number of benzene rings is 3. The van der Waals surface area contributed by atoms with Gasteiger partial charge in [0.25, 0.3) is 0 Å². The fourth-order valence-electron chi connectivity index (χ4n) is 4.36. The van der Waals surface area contributed by atoms with Crippen LogP contribution >= 0.6 is 11.6 Å². The summed E-state index contributed by atoms with van der Waals surface area (Å²) in [5.74, 6) is -1.57. The van der Waals surface area contributed by atoms with Gasteiger partial charge < -0.3 is 10.2 Å². The predicted octanol–water partition coefficient (Wildman–Crippen LogP) is 5.11. The maximum Gasteiger partial charge on any atom is 0.244 e. The van der Waals surface area contributed by atoms with Crippen LogP contribution in [0.4, 0.5) is 10.1 Å². The number of carbonyl (C=O) groups is 2. The molecular weight excluding hydrogens is 553 g/mol. The number of unbranched alkanes of at least 4 members (excludes halogenated alkanes) is 1. The van der Waals surface area contributed by atoms with Gasteiger partial charge in [0.15, 0.2) is 0 Å². The lowest BCUT2D eigenvalue weighted by molar-refractivity contribution is -0.140. The van der Waals surface area contributed by atoms with Gasteiger partial charge in [0.05, 0.1) is 11.9 Å². The molecule has 0 saturated heterocycles. The van der Waals surface area contributed by atoms with E-state index in [-0.39, 0.29) is 24.2 Å². The Hall–Kier alpha value is -3.43. The second-order valence-electron chi connectivity index (χ2n) is 9.66. The molecule has 214 valence electrons. The highest BCUT2D eigenvalue weighted by molar-refractivity contribution is 7.92. The number of amides is 2. The van der Waals surface area contributed by atoms with Gasteiger partial charge >= 0.3 is 0 Å². The zero-order chi connectivity index (χ0) is 29.3. The van der Waals surface area contributed by atoms with Crippen LogP contribution in [0.2, 0.25) is 5.02 Å². The molecule has 1 N–H and O–H groups in total. The molecule has 0 bridgehead atoms. The van der Waals surface area contributed by atoms with Gasteiger partial charge in [0.1, 0.15) is 18.4 Å². The van der Waals surface area contributed by atoms with Gasteiger partial charge in [-0.1, -0.05) is 73.5 Å². The van der Waals surface area contributed by atoms with E-state index < -0.39 is 40.2 Å². The highest BCUT2D eigenvalue weighted by Crippen LogP contribution is 2.26. The minimum atomic E-state index is -3.92. The van der Waals surface area contributed by atoms with E-state index in [1.54, 1.807) is 37.3 Å². The topological polar surface area (TPSA) is 86.8 Å². The summed E-state index contributed by atoms with van der Waals surface area (Å²) in [6.07, 6.45) is 2.79. The first kappa shape index (κ1) is 31.1. The van der Waals surface area contributed by atoms with Crippen LogP contribution in [-0.4, -0.2) is 50.5 Å². The molecule has 3 aromatic carbocycles. The van der Waals surface area contributed by atoms with Crippen LogP contribution in [-0.2, 0) is 32.6 Å². The van der Waals surface area contributed by atoms with Gasteiger partial charge in [-0.2, -0.15) is 0 Å². The summed E-state index contributed by atoms with van der Waals surface area (Å²) in [6, 6.07) is 18.9. The Labute approximate surface area is 241 Å². The maximum atomic E-state index is 14.8. The van der Waals surface area contributed by atoms with Gasteiger partial charge in [0.2, 0.25) is 21.8 Å². The number of nitrogens with zero attached hydrogens (tertiary/aromatic N) is 2. The zero-order valence-electron chi connectivity index (χ0n) is 22.9. The Morgan fingerprint density at radius 1 is 1.02 bits per heavy atom. The van der Waals surface area contributed by atoms with E-state index in [1.807, 2.05) is 37.3 Å². The van der Waals surface area contributed by atoms with E-state index >= 15 is 0 Å². The van der Waals surface area contributed by atoms with E-state index in [4.69, 9.17) is 11.6 Å². The zero-order valence-corrected chi connectivity index (χ0v) is 24.5. The lowest BCUT2D eigenvalue weighted by Gasteiger charge is -2.34. The summed E-state index contributed by atoms with van der Waals surface area (Å²) in [5, 5.41) is 3.32. The minimum absolute atomic E-state index is 0.165. The highest BCUT2D eigenvalue weighted by atomic mass is 35.5. The second kappa shape index (κ2) is 14.3. The number of aryl methyl sites for hydroxylation is 1. The molecule has 10 heteroatoms. The van der Waals surface area contributed by atoms with Crippen molar-refractivity contribution in [3.8, 4) is 0 Å². The molecule has 7 nitrogen and oxygen atoms in total. The molecule has 0 aromatic heterocycles. The molecule has 0 aliphatic carbocycles. The quantitative estimate of drug-likeness (QED) is 0.282. The standard InChI is InChI=1S/C30H35ClFN3O4S/c1-4-5-17-33-30(37)28(19-23-11-7-6-8-12-23)34(20-24-13-9-10-14-26(24)32)29(36)21-35(40(3,38)39)27-16-15-25(31)18-22(27)2/h6-16,18,28H,4-5,17,19-21H2,1-3H3,(H,33,37). The van der Waals surface area contributed by atoms with Crippen LogP contribution in [0.5, 0.6) is 0 Å². The van der Waals surface area contributed by atoms with E-state index in [0.717, 1.165) is 29.0 Å². The molecule has 1 unspecified atom stereocenters. The Balaban J connectivity index is 2.06. The van der Waals surface area contributed by atoms with Crippen molar-refractivity contribution in [2.45, 2.75) is 45.7 Å². The van der Waals surface area contributed by atoms with E-state index in [0.29, 0.717) is 17.1 Å². The number of nitrogens with one attached hydrogen (secondary N) is 1. The number of halogens is 2. The van der Waals surface area contributed by atoms with Crippen molar-refractivity contribution >= 4 is 39.1 Å². The summed E-state index contributed by atoms with van der Waals surface area (Å²) >= 11 is 6.08. The fraction of sp³-hybridized carbons (Fsp3) is 0.333. The summed E-state index contributed by atoms with van der Waals surface area (Å²) in [5.41, 5.74) is 1.87. The molecule has 0 saturated carbocycles. The summed E-state index contributed by atoms with van der Waals surface area (Å²) in [4.78, 5) is 28.8. The van der Waals surface area contributed by atoms with E-state index in [1.165, 1.54) is 17.0 Å². The Morgan fingerprint density at radius 3 is 2.33 bits per heavy atom. The summed E-state index contributed by atoms with van der Waals surface area (Å²) in [6.45, 7) is 3.31. The molecule has 0 aliphatic rings. The number of carbonyl (C=O) groups excluding carboxylic acids is 2. The van der Waals surface area contributed by atoms with Gasteiger partial charge in [-0.15, -0.1) is 0 Å². The van der Waals surface area contributed by atoms with Gasteiger partial charge in [-0.05, 0) is 48.7 Å². The van der Waals surface area contributed by atoms with Crippen LogP contribution in [0.1, 0.15) is 36.5 Å². The number of sulfonamides is 1. The molecule has 0 heterocycles. The molecule has 0 radical (unpaired) electrons. The molecule has 3 rings (SSSR count). The van der Waals surface area contributed by atoms with Crippen LogP contribution in [0, 0.1) is 12.7 Å². The smallest absolute Gasteiger partial charge is 0.244 e. The molecule has 0 aliphatic heterocycles. The minimum Gasteiger partial charge on any atom is -0.354 e. The van der Waals surface area contributed by atoms with E-state index in [9.17, 15) is 22.4 Å². The van der Waals surface area contributed by atoms with Crippen LogP contribution in [0.15, 0.2) is 72.8 Å². The van der Waals surface area contributed by atoms with Crippen LogP contribution in [0.25, 0.3) is 0 Å².